The topological polar surface area (TPSA) is 49.4 Å². The monoisotopic (exact) mass is 328 g/mol. The van der Waals surface area contributed by atoms with E-state index in [0.29, 0.717) is 10.7 Å². The summed E-state index contributed by atoms with van der Waals surface area (Å²) in [6, 6.07) is 12.4. The number of nitrogens with zero attached hydrogens (tertiary/aromatic N) is 1. The van der Waals surface area contributed by atoms with E-state index in [1.54, 1.807) is 18.2 Å². The first-order chi connectivity index (χ1) is 11.0. The van der Waals surface area contributed by atoms with Crippen LogP contribution < -0.4 is 10.2 Å². The van der Waals surface area contributed by atoms with Crippen LogP contribution in [-0.4, -0.2) is 17.9 Å². The quantitative estimate of drug-likeness (QED) is 0.874. The Balaban J connectivity index is 1.82. The van der Waals surface area contributed by atoms with Crippen molar-refractivity contribution < 1.29 is 9.59 Å². The van der Waals surface area contributed by atoms with Crippen molar-refractivity contribution >= 4 is 34.8 Å². The van der Waals surface area contributed by atoms with E-state index in [0.717, 1.165) is 16.8 Å². The van der Waals surface area contributed by atoms with Gasteiger partial charge >= 0.3 is 0 Å². The summed E-state index contributed by atoms with van der Waals surface area (Å²) in [7, 11) is 0. The summed E-state index contributed by atoms with van der Waals surface area (Å²) in [6.45, 7) is 3.87. The van der Waals surface area contributed by atoms with Gasteiger partial charge in [0.15, 0.2) is 0 Å². The van der Waals surface area contributed by atoms with E-state index in [4.69, 9.17) is 11.6 Å². The van der Waals surface area contributed by atoms with Crippen LogP contribution in [0.1, 0.15) is 17.5 Å². The van der Waals surface area contributed by atoms with Gasteiger partial charge in [-0.05, 0) is 43.7 Å². The van der Waals surface area contributed by atoms with Crippen LogP contribution >= 0.6 is 11.6 Å². The lowest BCUT2D eigenvalue weighted by atomic mass is 10.2. The molecule has 118 valence electrons. The van der Waals surface area contributed by atoms with E-state index in [1.165, 1.54) is 4.90 Å². The Morgan fingerprint density at radius 1 is 1.09 bits per heavy atom. The third-order valence-corrected chi connectivity index (χ3v) is 4.36. The van der Waals surface area contributed by atoms with Gasteiger partial charge in [0.2, 0.25) is 5.91 Å². The second-order valence-corrected chi connectivity index (χ2v) is 6.18. The second kappa shape index (κ2) is 6.05. The van der Waals surface area contributed by atoms with Gasteiger partial charge < -0.3 is 5.32 Å². The molecule has 0 bridgehead atoms. The summed E-state index contributed by atoms with van der Waals surface area (Å²) in [4.78, 5) is 26.0. The van der Waals surface area contributed by atoms with Crippen molar-refractivity contribution in [2.45, 2.75) is 26.3 Å². The maximum Gasteiger partial charge on any atom is 0.256 e. The number of halogens is 1. The number of hydrogen-bond acceptors (Lipinski definition) is 3. The lowest BCUT2D eigenvalue weighted by molar-refractivity contribution is -0.121. The zero-order valence-corrected chi connectivity index (χ0v) is 13.7. The molecule has 4 nitrogen and oxygen atoms in total. The molecule has 2 aromatic rings. The number of anilines is 2. The molecule has 0 saturated carbocycles. The third kappa shape index (κ3) is 3.08. The van der Waals surface area contributed by atoms with Crippen molar-refractivity contribution in [3.8, 4) is 0 Å². The molecular weight excluding hydrogens is 312 g/mol. The van der Waals surface area contributed by atoms with Gasteiger partial charge in [0, 0.05) is 10.7 Å². The minimum atomic E-state index is -0.551. The summed E-state index contributed by atoms with van der Waals surface area (Å²) in [5.74, 6) is -0.477. The zero-order valence-electron chi connectivity index (χ0n) is 13.0. The predicted octanol–water partition coefficient (Wildman–Crippen LogP) is 3.70. The van der Waals surface area contributed by atoms with Gasteiger partial charge in [-0.25, -0.2) is 4.90 Å². The first-order valence-corrected chi connectivity index (χ1v) is 7.79. The molecule has 0 spiro atoms. The van der Waals surface area contributed by atoms with Gasteiger partial charge in [-0.1, -0.05) is 35.4 Å². The first-order valence-electron chi connectivity index (χ1n) is 7.42. The van der Waals surface area contributed by atoms with Crippen molar-refractivity contribution in [2.75, 3.05) is 10.2 Å². The van der Waals surface area contributed by atoms with Crippen LogP contribution in [0.3, 0.4) is 0 Å². The number of benzene rings is 2. The Bertz CT molecular complexity index is 771. The highest BCUT2D eigenvalue weighted by atomic mass is 35.5. The Kier molecular flexibility index (Phi) is 4.09. The van der Waals surface area contributed by atoms with E-state index in [2.05, 4.69) is 5.32 Å². The molecule has 1 N–H and O–H groups in total. The maximum atomic E-state index is 12.6. The summed E-state index contributed by atoms with van der Waals surface area (Å²) in [5, 5.41) is 3.67. The molecular formula is C18H17ClN2O2. The summed E-state index contributed by atoms with van der Waals surface area (Å²) < 4.78 is 0. The zero-order chi connectivity index (χ0) is 16.6. The van der Waals surface area contributed by atoms with Gasteiger partial charge in [-0.2, -0.15) is 0 Å². The maximum absolute atomic E-state index is 12.6. The second-order valence-electron chi connectivity index (χ2n) is 5.77. The molecule has 5 heteroatoms. The standard InChI is InChI=1S/C18H17ClN2O2/c1-11-3-6-13(7-4-11)20-16-10-17(22)21(18(16)23)14-8-5-12(2)15(19)9-14/h3-9,16,20H,10H2,1-2H3/t16-/m1/s1. The number of carbonyl (C=O) groups is 2. The summed E-state index contributed by atoms with van der Waals surface area (Å²) in [5.41, 5.74) is 3.39. The molecule has 1 aliphatic heterocycles. The molecule has 2 aromatic carbocycles. The largest absolute Gasteiger partial charge is 0.373 e. The molecule has 0 unspecified atom stereocenters. The molecule has 2 amide bonds. The molecule has 0 aliphatic carbocycles. The van der Waals surface area contributed by atoms with E-state index < -0.39 is 6.04 Å². The van der Waals surface area contributed by atoms with Crippen LogP contribution in [0.4, 0.5) is 11.4 Å². The van der Waals surface area contributed by atoms with Gasteiger partial charge in [0.1, 0.15) is 6.04 Å². The Morgan fingerprint density at radius 3 is 2.43 bits per heavy atom. The lowest BCUT2D eigenvalue weighted by Crippen LogP contribution is -2.34. The Morgan fingerprint density at radius 2 is 1.78 bits per heavy atom. The van der Waals surface area contributed by atoms with E-state index >= 15 is 0 Å². The fourth-order valence-electron chi connectivity index (χ4n) is 2.59. The first kappa shape index (κ1) is 15.6. The molecule has 3 rings (SSSR count). The highest BCUT2D eigenvalue weighted by Crippen LogP contribution is 2.28. The van der Waals surface area contributed by atoms with Gasteiger partial charge in [-0.15, -0.1) is 0 Å². The van der Waals surface area contributed by atoms with Crippen LogP contribution in [0, 0.1) is 13.8 Å². The molecule has 1 saturated heterocycles. The molecule has 0 aromatic heterocycles. The normalized spacial score (nSPS) is 17.7. The fraction of sp³-hybridized carbons (Fsp3) is 0.222. The number of imide groups is 1. The molecule has 0 radical (unpaired) electrons. The van der Waals surface area contributed by atoms with Crippen LogP contribution in [0.15, 0.2) is 42.5 Å². The lowest BCUT2D eigenvalue weighted by Gasteiger charge is -2.17. The van der Waals surface area contributed by atoms with Gasteiger partial charge in [0.05, 0.1) is 12.1 Å². The summed E-state index contributed by atoms with van der Waals surface area (Å²) >= 11 is 6.10. The van der Waals surface area contributed by atoms with Crippen molar-refractivity contribution in [1.29, 1.82) is 0 Å². The molecule has 1 atom stereocenters. The van der Waals surface area contributed by atoms with E-state index in [1.807, 2.05) is 38.1 Å². The van der Waals surface area contributed by atoms with Crippen LogP contribution in [-0.2, 0) is 9.59 Å². The number of aryl methyl sites for hydroxylation is 2. The number of rotatable bonds is 3. The number of hydrogen-bond donors (Lipinski definition) is 1. The minimum Gasteiger partial charge on any atom is -0.373 e. The van der Waals surface area contributed by atoms with Gasteiger partial charge in [0.25, 0.3) is 5.91 Å². The molecule has 1 heterocycles. The van der Waals surface area contributed by atoms with Crippen molar-refractivity contribution in [3.05, 3.63) is 58.6 Å². The fourth-order valence-corrected chi connectivity index (χ4v) is 2.76. The SMILES string of the molecule is Cc1ccc(N[C@@H]2CC(=O)N(c3ccc(C)c(Cl)c3)C2=O)cc1. The average molecular weight is 329 g/mol. The van der Waals surface area contributed by atoms with Gasteiger partial charge in [-0.3, -0.25) is 9.59 Å². The van der Waals surface area contributed by atoms with Crippen LogP contribution in [0.2, 0.25) is 5.02 Å². The Hall–Kier alpha value is -2.33. The predicted molar refractivity (Wildman–Crippen MR) is 91.9 cm³/mol. The number of amides is 2. The van der Waals surface area contributed by atoms with E-state index in [9.17, 15) is 9.59 Å². The van der Waals surface area contributed by atoms with Crippen molar-refractivity contribution in [1.82, 2.24) is 0 Å². The number of carbonyl (C=O) groups excluding carboxylic acids is 2. The third-order valence-electron chi connectivity index (χ3n) is 3.95. The number of nitrogens with one attached hydrogen (secondary N) is 1. The average Bonchev–Trinajstić information content (AvgIpc) is 2.79. The molecule has 23 heavy (non-hydrogen) atoms. The smallest absolute Gasteiger partial charge is 0.256 e. The van der Waals surface area contributed by atoms with Crippen LogP contribution in [0.5, 0.6) is 0 Å². The highest BCUT2D eigenvalue weighted by molar-refractivity contribution is 6.32. The minimum absolute atomic E-state index is 0.137. The molecule has 1 fully saturated rings. The summed E-state index contributed by atoms with van der Waals surface area (Å²) in [6.07, 6.45) is 0.137. The van der Waals surface area contributed by atoms with Crippen molar-refractivity contribution in [3.63, 3.8) is 0 Å². The highest BCUT2D eigenvalue weighted by Gasteiger charge is 2.39. The van der Waals surface area contributed by atoms with Crippen LogP contribution in [0.25, 0.3) is 0 Å². The Labute approximate surface area is 140 Å². The van der Waals surface area contributed by atoms with E-state index in [-0.39, 0.29) is 18.2 Å². The molecule has 1 aliphatic rings. The van der Waals surface area contributed by atoms with Crippen molar-refractivity contribution in [2.24, 2.45) is 0 Å².